The molecule has 2 N–H and O–H groups in total. The van der Waals surface area contributed by atoms with E-state index in [4.69, 9.17) is 11.6 Å². The lowest BCUT2D eigenvalue weighted by Gasteiger charge is -2.27. The van der Waals surface area contributed by atoms with Crippen molar-refractivity contribution in [3.8, 4) is 0 Å². The highest BCUT2D eigenvalue weighted by Crippen LogP contribution is 2.20. The fourth-order valence-electron chi connectivity index (χ4n) is 2.68. The molecule has 0 fully saturated rings. The summed E-state index contributed by atoms with van der Waals surface area (Å²) >= 11 is 6.06. The molecular formula is C20H25ClN3O2+. The zero-order valence-electron chi connectivity index (χ0n) is 15.3. The zero-order valence-corrected chi connectivity index (χ0v) is 16.1. The van der Waals surface area contributed by atoms with E-state index < -0.39 is 0 Å². The van der Waals surface area contributed by atoms with Crippen LogP contribution in [0.4, 0.5) is 11.4 Å². The lowest BCUT2D eigenvalue weighted by Crippen LogP contribution is -3.15. The molecule has 2 atom stereocenters. The summed E-state index contributed by atoms with van der Waals surface area (Å²) in [6, 6.07) is 16.3. The Morgan fingerprint density at radius 3 is 2.35 bits per heavy atom. The van der Waals surface area contributed by atoms with Gasteiger partial charge in [-0.25, -0.2) is 0 Å². The summed E-state index contributed by atoms with van der Waals surface area (Å²) in [5, 5.41) is 3.28. The molecule has 0 heterocycles. The number of amides is 2. The van der Waals surface area contributed by atoms with E-state index in [0.717, 1.165) is 10.6 Å². The largest absolute Gasteiger partial charge is 0.320 e. The third-order valence-corrected chi connectivity index (χ3v) is 4.68. The highest BCUT2D eigenvalue weighted by molar-refractivity contribution is 6.33. The Morgan fingerprint density at radius 1 is 1.12 bits per heavy atom. The minimum absolute atomic E-state index is 0.0123. The molecule has 0 radical (unpaired) electrons. The first-order valence-electron chi connectivity index (χ1n) is 8.67. The quantitative estimate of drug-likeness (QED) is 0.781. The first-order valence-corrected chi connectivity index (χ1v) is 9.05. The van der Waals surface area contributed by atoms with Crippen LogP contribution in [-0.4, -0.2) is 38.0 Å². The SMILES string of the molecule is CCN(C(=O)[C@@H](C)[NH+](C)CC(=O)Nc1ccccc1Cl)c1ccccc1. The Bertz CT molecular complexity index is 752. The molecule has 0 aliphatic rings. The number of hydrogen-bond acceptors (Lipinski definition) is 2. The lowest BCUT2D eigenvalue weighted by atomic mass is 10.2. The molecule has 2 aromatic rings. The van der Waals surface area contributed by atoms with Gasteiger partial charge in [0.2, 0.25) is 0 Å². The number of likely N-dealkylation sites (N-methyl/N-ethyl adjacent to an activating group) is 2. The monoisotopic (exact) mass is 374 g/mol. The molecule has 2 aromatic carbocycles. The molecule has 0 saturated heterocycles. The molecule has 0 aliphatic carbocycles. The van der Waals surface area contributed by atoms with Crippen LogP contribution in [0.1, 0.15) is 13.8 Å². The molecule has 0 bridgehead atoms. The van der Waals surface area contributed by atoms with Crippen LogP contribution in [0.15, 0.2) is 54.6 Å². The Labute approximate surface area is 159 Å². The molecule has 6 heteroatoms. The molecule has 0 aromatic heterocycles. The Hall–Kier alpha value is -2.37. The van der Waals surface area contributed by atoms with Crippen LogP contribution in [0.2, 0.25) is 5.02 Å². The van der Waals surface area contributed by atoms with E-state index in [9.17, 15) is 9.59 Å². The second-order valence-corrected chi connectivity index (χ2v) is 6.60. The second kappa shape index (κ2) is 9.36. The fraction of sp³-hybridized carbons (Fsp3) is 0.300. The van der Waals surface area contributed by atoms with Crippen LogP contribution in [0, 0.1) is 0 Å². The van der Waals surface area contributed by atoms with E-state index in [1.54, 1.807) is 23.1 Å². The number of quaternary nitrogens is 1. The van der Waals surface area contributed by atoms with Crippen LogP contribution in [0.25, 0.3) is 0 Å². The van der Waals surface area contributed by atoms with Crippen molar-refractivity contribution < 1.29 is 14.5 Å². The van der Waals surface area contributed by atoms with Crippen molar-refractivity contribution in [3.63, 3.8) is 0 Å². The number of hydrogen-bond donors (Lipinski definition) is 2. The number of carbonyl (C=O) groups excluding carboxylic acids is 2. The molecule has 26 heavy (non-hydrogen) atoms. The molecule has 2 amide bonds. The van der Waals surface area contributed by atoms with Gasteiger partial charge >= 0.3 is 0 Å². The molecule has 1 unspecified atom stereocenters. The maximum absolute atomic E-state index is 12.9. The van der Waals surface area contributed by atoms with Crippen LogP contribution >= 0.6 is 11.6 Å². The molecular weight excluding hydrogens is 350 g/mol. The molecule has 2 rings (SSSR count). The van der Waals surface area contributed by atoms with Crippen molar-refractivity contribution in [1.29, 1.82) is 0 Å². The maximum Gasteiger partial charge on any atom is 0.284 e. The number of nitrogens with one attached hydrogen (secondary N) is 2. The van der Waals surface area contributed by atoms with Gasteiger partial charge in [0.1, 0.15) is 0 Å². The summed E-state index contributed by atoms with van der Waals surface area (Å²) in [5.74, 6) is -0.195. The van der Waals surface area contributed by atoms with Crippen LogP contribution in [-0.2, 0) is 9.59 Å². The summed E-state index contributed by atoms with van der Waals surface area (Å²) in [7, 11) is 1.84. The summed E-state index contributed by atoms with van der Waals surface area (Å²) in [4.78, 5) is 27.7. The van der Waals surface area contributed by atoms with E-state index in [2.05, 4.69) is 5.32 Å². The van der Waals surface area contributed by atoms with Crippen molar-refractivity contribution in [2.45, 2.75) is 19.9 Å². The third-order valence-electron chi connectivity index (χ3n) is 4.35. The predicted octanol–water partition coefficient (Wildman–Crippen LogP) is 2.23. The van der Waals surface area contributed by atoms with Gasteiger partial charge in [0.25, 0.3) is 11.8 Å². The molecule has 0 aliphatic heterocycles. The fourth-order valence-corrected chi connectivity index (χ4v) is 2.86. The summed E-state index contributed by atoms with van der Waals surface area (Å²) in [6.45, 7) is 4.53. The highest BCUT2D eigenvalue weighted by atomic mass is 35.5. The van der Waals surface area contributed by atoms with Gasteiger partial charge in [0, 0.05) is 12.2 Å². The first kappa shape index (κ1) is 19.9. The van der Waals surface area contributed by atoms with E-state index in [1.165, 1.54) is 0 Å². The van der Waals surface area contributed by atoms with Gasteiger partial charge < -0.3 is 15.1 Å². The zero-order chi connectivity index (χ0) is 19.1. The standard InChI is InChI=1S/C20H24ClN3O2/c1-4-24(16-10-6-5-7-11-16)20(26)15(2)23(3)14-19(25)22-18-13-9-8-12-17(18)21/h5-13,15H,4,14H2,1-3H3,(H,22,25)/p+1/t15-/m1/s1. The lowest BCUT2D eigenvalue weighted by molar-refractivity contribution is -0.885. The van der Waals surface area contributed by atoms with Crippen molar-refractivity contribution in [2.24, 2.45) is 0 Å². The van der Waals surface area contributed by atoms with Crippen molar-refractivity contribution in [1.82, 2.24) is 0 Å². The Balaban J connectivity index is 1.99. The smallest absolute Gasteiger partial charge is 0.284 e. The number of nitrogens with zero attached hydrogens (tertiary/aromatic N) is 1. The topological polar surface area (TPSA) is 53.9 Å². The number of para-hydroxylation sites is 2. The number of benzene rings is 2. The number of halogens is 1. The van der Waals surface area contributed by atoms with Crippen molar-refractivity contribution in [3.05, 3.63) is 59.6 Å². The van der Waals surface area contributed by atoms with Gasteiger partial charge in [-0.3, -0.25) is 9.59 Å². The number of anilines is 2. The van der Waals surface area contributed by atoms with Crippen molar-refractivity contribution >= 4 is 34.8 Å². The third kappa shape index (κ3) is 5.07. The first-order chi connectivity index (χ1) is 12.4. The summed E-state index contributed by atoms with van der Waals surface area (Å²) < 4.78 is 0. The molecule has 138 valence electrons. The minimum Gasteiger partial charge on any atom is -0.320 e. The van der Waals surface area contributed by atoms with Gasteiger partial charge in [-0.15, -0.1) is 0 Å². The van der Waals surface area contributed by atoms with Crippen LogP contribution < -0.4 is 15.1 Å². The van der Waals surface area contributed by atoms with Crippen LogP contribution in [0.3, 0.4) is 0 Å². The van der Waals surface area contributed by atoms with Crippen molar-refractivity contribution in [2.75, 3.05) is 30.4 Å². The van der Waals surface area contributed by atoms with E-state index >= 15 is 0 Å². The molecule has 5 nitrogen and oxygen atoms in total. The minimum atomic E-state index is -0.354. The van der Waals surface area contributed by atoms with Gasteiger partial charge in [-0.1, -0.05) is 41.9 Å². The van der Waals surface area contributed by atoms with E-state index in [0.29, 0.717) is 17.3 Å². The Kier molecular flexibility index (Phi) is 7.18. The predicted molar refractivity (Wildman–Crippen MR) is 106 cm³/mol. The highest BCUT2D eigenvalue weighted by Gasteiger charge is 2.28. The van der Waals surface area contributed by atoms with Crippen LogP contribution in [0.5, 0.6) is 0 Å². The summed E-state index contributed by atoms with van der Waals surface area (Å²) in [5.41, 5.74) is 1.44. The number of rotatable bonds is 7. The average molecular weight is 375 g/mol. The van der Waals surface area contributed by atoms with Gasteiger partial charge in [0.05, 0.1) is 17.8 Å². The summed E-state index contributed by atoms with van der Waals surface area (Å²) in [6.07, 6.45) is 0. The van der Waals surface area contributed by atoms with Gasteiger partial charge in [-0.2, -0.15) is 0 Å². The second-order valence-electron chi connectivity index (χ2n) is 6.19. The normalized spacial score (nSPS) is 12.9. The number of carbonyl (C=O) groups is 2. The van der Waals surface area contributed by atoms with E-state index in [1.807, 2.05) is 57.3 Å². The van der Waals surface area contributed by atoms with Gasteiger partial charge in [0.15, 0.2) is 12.6 Å². The molecule has 0 saturated carbocycles. The van der Waals surface area contributed by atoms with Gasteiger partial charge in [-0.05, 0) is 38.1 Å². The molecule has 0 spiro atoms. The van der Waals surface area contributed by atoms with E-state index in [-0.39, 0.29) is 24.4 Å². The average Bonchev–Trinajstić information content (AvgIpc) is 2.64. The maximum atomic E-state index is 12.9. The Morgan fingerprint density at radius 2 is 1.73 bits per heavy atom.